The van der Waals surface area contributed by atoms with Gasteiger partial charge in [0.25, 0.3) is 5.69 Å². The van der Waals surface area contributed by atoms with Gasteiger partial charge in [0.05, 0.1) is 23.7 Å². The van der Waals surface area contributed by atoms with Gasteiger partial charge in [-0.05, 0) is 30.7 Å². The summed E-state index contributed by atoms with van der Waals surface area (Å²) in [7, 11) is 0. The van der Waals surface area contributed by atoms with Gasteiger partial charge >= 0.3 is 0 Å². The van der Waals surface area contributed by atoms with E-state index in [1.54, 1.807) is 12.1 Å². The van der Waals surface area contributed by atoms with E-state index in [-0.39, 0.29) is 23.3 Å². The molecule has 0 bridgehead atoms. The van der Waals surface area contributed by atoms with Crippen molar-refractivity contribution in [3.05, 3.63) is 69.2 Å². The van der Waals surface area contributed by atoms with E-state index in [4.69, 9.17) is 16.3 Å². The van der Waals surface area contributed by atoms with Gasteiger partial charge in [0.1, 0.15) is 5.69 Å². The molecule has 29 heavy (non-hydrogen) atoms. The van der Waals surface area contributed by atoms with Crippen molar-refractivity contribution >= 4 is 23.0 Å². The molecule has 1 fully saturated rings. The van der Waals surface area contributed by atoms with Crippen LogP contribution >= 0.6 is 11.6 Å². The Hall–Kier alpha value is -2.19. The second-order valence-corrected chi connectivity index (χ2v) is 7.65. The summed E-state index contributed by atoms with van der Waals surface area (Å²) in [4.78, 5) is 15.1. The van der Waals surface area contributed by atoms with Crippen molar-refractivity contribution in [2.75, 3.05) is 44.2 Å². The van der Waals surface area contributed by atoms with Crippen LogP contribution in [-0.2, 0) is 4.74 Å². The molecular weight excluding hydrogens is 394 g/mol. The molecule has 7 nitrogen and oxygen atoms in total. The van der Waals surface area contributed by atoms with Crippen LogP contribution in [-0.4, -0.2) is 60.4 Å². The Bertz CT molecular complexity index is 810. The van der Waals surface area contributed by atoms with Crippen LogP contribution in [0.4, 0.5) is 11.4 Å². The predicted molar refractivity (Wildman–Crippen MR) is 114 cm³/mol. The lowest BCUT2D eigenvalue weighted by Gasteiger charge is -2.36. The molecule has 1 saturated heterocycles. The third-order valence-electron chi connectivity index (χ3n) is 5.14. The summed E-state index contributed by atoms with van der Waals surface area (Å²) >= 11 is 5.90. The Morgan fingerprint density at radius 2 is 1.79 bits per heavy atom. The molecule has 0 saturated carbocycles. The number of halogens is 1. The predicted octanol–water partition coefficient (Wildman–Crippen LogP) is 3.51. The monoisotopic (exact) mass is 419 g/mol. The number of nitro benzene ring substituents is 1. The van der Waals surface area contributed by atoms with E-state index in [0.717, 1.165) is 18.7 Å². The number of aliphatic hydroxyl groups excluding tert-OH is 1. The van der Waals surface area contributed by atoms with Crippen molar-refractivity contribution in [3.8, 4) is 0 Å². The van der Waals surface area contributed by atoms with E-state index in [0.29, 0.717) is 30.3 Å². The second-order valence-electron chi connectivity index (χ2n) is 7.21. The first-order valence-corrected chi connectivity index (χ1v) is 10.1. The number of anilines is 1. The summed E-state index contributed by atoms with van der Waals surface area (Å²) < 4.78 is 5.80. The van der Waals surface area contributed by atoms with Gasteiger partial charge < -0.3 is 14.7 Å². The number of β-amino-alcohol motifs (C(OH)–C–C–N with tert-alkyl or cyclic N) is 1. The van der Waals surface area contributed by atoms with Crippen molar-refractivity contribution in [2.45, 2.75) is 19.1 Å². The van der Waals surface area contributed by atoms with Gasteiger partial charge in [-0.25, -0.2) is 0 Å². The molecule has 1 N–H and O–H groups in total. The first-order chi connectivity index (χ1) is 13.9. The number of aliphatic hydroxyl groups is 1. The Morgan fingerprint density at radius 1 is 1.14 bits per heavy atom. The highest BCUT2D eigenvalue weighted by atomic mass is 35.5. The highest BCUT2D eigenvalue weighted by molar-refractivity contribution is 6.30. The van der Waals surface area contributed by atoms with Crippen LogP contribution in [0.15, 0.2) is 48.5 Å². The standard InChI is InChI=1S/C21H26ClN3O4/c1-16(17-6-8-18(22)9-7-17)29-15-19(26)14-23-10-12-24(13-11-23)20-4-2-3-5-21(20)25(27)28/h2-9,16,19,26H,10-15H2,1H3/t16-,19-/m0/s1. The average molecular weight is 420 g/mol. The number of nitro groups is 1. The van der Waals surface area contributed by atoms with Crippen LogP contribution in [0, 0.1) is 10.1 Å². The third kappa shape index (κ3) is 5.90. The van der Waals surface area contributed by atoms with E-state index in [9.17, 15) is 15.2 Å². The molecule has 8 heteroatoms. The first-order valence-electron chi connectivity index (χ1n) is 9.70. The van der Waals surface area contributed by atoms with E-state index >= 15 is 0 Å². The van der Waals surface area contributed by atoms with Gasteiger partial charge in [-0.1, -0.05) is 35.9 Å². The molecule has 1 aliphatic heterocycles. The van der Waals surface area contributed by atoms with Gasteiger partial charge in [0.2, 0.25) is 0 Å². The lowest BCUT2D eigenvalue weighted by molar-refractivity contribution is -0.384. The molecule has 2 aromatic carbocycles. The van der Waals surface area contributed by atoms with Gasteiger partial charge in [-0.3, -0.25) is 15.0 Å². The fourth-order valence-electron chi connectivity index (χ4n) is 3.49. The molecule has 0 radical (unpaired) electrons. The molecular formula is C21H26ClN3O4. The van der Waals surface area contributed by atoms with Gasteiger partial charge in [-0.15, -0.1) is 0 Å². The van der Waals surface area contributed by atoms with E-state index in [1.165, 1.54) is 6.07 Å². The van der Waals surface area contributed by atoms with Crippen LogP contribution in [0.2, 0.25) is 5.02 Å². The summed E-state index contributed by atoms with van der Waals surface area (Å²) in [5.41, 5.74) is 1.79. The number of nitrogens with zero attached hydrogens (tertiary/aromatic N) is 3. The zero-order valence-electron chi connectivity index (χ0n) is 16.4. The largest absolute Gasteiger partial charge is 0.389 e. The Balaban J connectivity index is 1.44. The molecule has 2 aromatic rings. The zero-order chi connectivity index (χ0) is 20.8. The molecule has 2 atom stereocenters. The minimum Gasteiger partial charge on any atom is -0.389 e. The van der Waals surface area contributed by atoms with E-state index < -0.39 is 6.10 Å². The molecule has 0 aromatic heterocycles. The number of hydrogen-bond donors (Lipinski definition) is 1. The summed E-state index contributed by atoms with van der Waals surface area (Å²) in [6.07, 6.45) is -0.722. The smallest absolute Gasteiger partial charge is 0.292 e. The number of hydrogen-bond acceptors (Lipinski definition) is 6. The van der Waals surface area contributed by atoms with Crippen molar-refractivity contribution in [3.63, 3.8) is 0 Å². The number of rotatable bonds is 8. The van der Waals surface area contributed by atoms with Crippen molar-refractivity contribution in [1.82, 2.24) is 4.90 Å². The summed E-state index contributed by atoms with van der Waals surface area (Å²) in [5, 5.41) is 22.3. The van der Waals surface area contributed by atoms with Gasteiger partial charge in [0, 0.05) is 43.8 Å². The fraction of sp³-hybridized carbons (Fsp3) is 0.429. The Labute approximate surface area is 175 Å². The maximum atomic E-state index is 11.2. The Kier molecular flexibility index (Phi) is 7.44. The zero-order valence-corrected chi connectivity index (χ0v) is 17.2. The molecule has 3 rings (SSSR count). The second kappa shape index (κ2) is 10.0. The van der Waals surface area contributed by atoms with Gasteiger partial charge in [-0.2, -0.15) is 0 Å². The van der Waals surface area contributed by atoms with Crippen molar-refractivity contribution < 1.29 is 14.8 Å². The number of benzene rings is 2. The Morgan fingerprint density at radius 3 is 2.45 bits per heavy atom. The van der Waals surface area contributed by atoms with Crippen LogP contribution in [0.5, 0.6) is 0 Å². The topological polar surface area (TPSA) is 79.1 Å². The number of piperazine rings is 1. The summed E-state index contributed by atoms with van der Waals surface area (Å²) in [6, 6.07) is 14.3. The molecule has 156 valence electrons. The molecule has 0 aliphatic carbocycles. The first kappa shape index (κ1) is 21.5. The normalized spacial score (nSPS) is 17.1. The lowest BCUT2D eigenvalue weighted by atomic mass is 10.1. The van der Waals surface area contributed by atoms with Crippen LogP contribution in [0.25, 0.3) is 0 Å². The average Bonchev–Trinajstić information content (AvgIpc) is 2.73. The van der Waals surface area contributed by atoms with Gasteiger partial charge in [0.15, 0.2) is 0 Å². The highest BCUT2D eigenvalue weighted by Gasteiger charge is 2.24. The maximum absolute atomic E-state index is 11.2. The fourth-order valence-corrected chi connectivity index (χ4v) is 3.62. The summed E-state index contributed by atoms with van der Waals surface area (Å²) in [5.74, 6) is 0. The molecule has 0 spiro atoms. The quantitative estimate of drug-likeness (QED) is 0.521. The number of para-hydroxylation sites is 2. The van der Waals surface area contributed by atoms with Crippen molar-refractivity contribution in [2.24, 2.45) is 0 Å². The molecule has 1 aliphatic rings. The van der Waals surface area contributed by atoms with Crippen LogP contribution in [0.3, 0.4) is 0 Å². The van der Waals surface area contributed by atoms with Crippen LogP contribution in [0.1, 0.15) is 18.6 Å². The number of ether oxygens (including phenoxy) is 1. The third-order valence-corrected chi connectivity index (χ3v) is 5.39. The maximum Gasteiger partial charge on any atom is 0.292 e. The van der Waals surface area contributed by atoms with E-state index in [1.807, 2.05) is 42.2 Å². The van der Waals surface area contributed by atoms with Crippen LogP contribution < -0.4 is 4.90 Å². The lowest BCUT2D eigenvalue weighted by Crippen LogP contribution is -2.49. The summed E-state index contributed by atoms with van der Waals surface area (Å²) in [6.45, 7) is 5.53. The molecule has 1 heterocycles. The highest BCUT2D eigenvalue weighted by Crippen LogP contribution is 2.28. The minimum absolute atomic E-state index is 0.127. The van der Waals surface area contributed by atoms with Crippen molar-refractivity contribution in [1.29, 1.82) is 0 Å². The molecule has 0 unspecified atom stereocenters. The molecule has 0 amide bonds. The SMILES string of the molecule is C[C@H](OC[C@@H](O)CN1CCN(c2ccccc2[N+](=O)[O-])CC1)c1ccc(Cl)cc1. The minimum atomic E-state index is -0.595. The van der Waals surface area contributed by atoms with E-state index in [2.05, 4.69) is 4.90 Å².